The number of non-ortho nitro benzene ring substituents is 1. The number of nitro benzene ring substituents is 1. The van der Waals surface area contributed by atoms with Gasteiger partial charge in [-0.2, -0.15) is 0 Å². The molecule has 1 aliphatic rings. The predicted octanol–water partition coefficient (Wildman–Crippen LogP) is 2.14. The summed E-state index contributed by atoms with van der Waals surface area (Å²) in [7, 11) is 0. The number of hydrogen-bond donors (Lipinski definition) is 3. The number of allylic oxidation sites excluding steroid dienone is 1. The Morgan fingerprint density at radius 1 is 1.33 bits per heavy atom. The van der Waals surface area contributed by atoms with Gasteiger partial charge < -0.3 is 16.0 Å². The van der Waals surface area contributed by atoms with Crippen LogP contribution in [0.25, 0.3) is 0 Å². The van der Waals surface area contributed by atoms with Gasteiger partial charge in [-0.3, -0.25) is 14.9 Å². The Labute approximate surface area is 139 Å². The Kier molecular flexibility index (Phi) is 4.59. The molecular formula is C16H20N4O4. The van der Waals surface area contributed by atoms with E-state index in [-0.39, 0.29) is 11.6 Å². The quantitative estimate of drug-likeness (QED) is 0.581. The number of hydrogen-bond acceptors (Lipinski definition) is 4. The van der Waals surface area contributed by atoms with E-state index in [1.807, 2.05) is 20.8 Å². The first-order valence-electron chi connectivity index (χ1n) is 7.43. The van der Waals surface area contributed by atoms with E-state index in [0.29, 0.717) is 16.8 Å². The third kappa shape index (κ3) is 3.89. The van der Waals surface area contributed by atoms with Crippen LogP contribution >= 0.6 is 0 Å². The van der Waals surface area contributed by atoms with Crippen LogP contribution in [0.2, 0.25) is 0 Å². The second-order valence-electron chi connectivity index (χ2n) is 6.63. The summed E-state index contributed by atoms with van der Waals surface area (Å²) in [5.41, 5.74) is 0.645. The fourth-order valence-electron chi connectivity index (χ4n) is 2.47. The van der Waals surface area contributed by atoms with Gasteiger partial charge in [-0.25, -0.2) is 4.79 Å². The van der Waals surface area contributed by atoms with Crippen LogP contribution < -0.4 is 16.0 Å². The summed E-state index contributed by atoms with van der Waals surface area (Å²) in [6.07, 6.45) is 0. The lowest BCUT2D eigenvalue weighted by atomic mass is 9.93. The standard InChI is InChI=1S/C16H20N4O4/c1-9-12(14(21)19-16(2,3)4)13(18-15(22)17-9)10-6-5-7-11(8-10)20(23)24/h5-8,13H,1-4H3,(H,19,21)(H2,17,18,22)/t13-/m1/s1. The molecule has 0 aliphatic carbocycles. The van der Waals surface area contributed by atoms with Crippen LogP contribution in [0, 0.1) is 10.1 Å². The highest BCUT2D eigenvalue weighted by atomic mass is 16.6. The van der Waals surface area contributed by atoms with Crippen molar-refractivity contribution in [2.24, 2.45) is 0 Å². The van der Waals surface area contributed by atoms with E-state index in [1.54, 1.807) is 13.0 Å². The SMILES string of the molecule is CC1=C(C(=O)NC(C)(C)C)[C@@H](c2cccc([N+](=O)[O-])c2)NC(=O)N1. The molecule has 24 heavy (non-hydrogen) atoms. The molecular weight excluding hydrogens is 312 g/mol. The fraction of sp³-hybridized carbons (Fsp3) is 0.375. The predicted molar refractivity (Wildman–Crippen MR) is 88.1 cm³/mol. The Hall–Kier alpha value is -2.90. The summed E-state index contributed by atoms with van der Waals surface area (Å²) in [5.74, 6) is -0.344. The van der Waals surface area contributed by atoms with Crippen molar-refractivity contribution in [2.75, 3.05) is 0 Å². The zero-order valence-corrected chi connectivity index (χ0v) is 14.0. The van der Waals surface area contributed by atoms with Gasteiger partial charge in [-0.05, 0) is 33.3 Å². The van der Waals surface area contributed by atoms with Crippen LogP contribution in [-0.2, 0) is 4.79 Å². The van der Waals surface area contributed by atoms with Gasteiger partial charge in [0.1, 0.15) is 0 Å². The molecule has 0 aromatic heterocycles. The van der Waals surface area contributed by atoms with Crippen molar-refractivity contribution >= 4 is 17.6 Å². The van der Waals surface area contributed by atoms with Gasteiger partial charge in [-0.1, -0.05) is 12.1 Å². The molecule has 3 N–H and O–H groups in total. The average molecular weight is 332 g/mol. The van der Waals surface area contributed by atoms with Gasteiger partial charge in [0.25, 0.3) is 11.6 Å². The molecule has 1 heterocycles. The second kappa shape index (κ2) is 6.31. The number of urea groups is 1. The van der Waals surface area contributed by atoms with Crippen molar-refractivity contribution in [3.05, 3.63) is 51.2 Å². The molecule has 1 aromatic rings. The van der Waals surface area contributed by atoms with E-state index in [0.717, 1.165) is 0 Å². The van der Waals surface area contributed by atoms with Crippen molar-refractivity contribution < 1.29 is 14.5 Å². The molecule has 2 rings (SSSR count). The number of carbonyl (C=O) groups excluding carboxylic acids is 2. The van der Waals surface area contributed by atoms with Gasteiger partial charge in [0.2, 0.25) is 0 Å². The van der Waals surface area contributed by atoms with Crippen LogP contribution in [0.3, 0.4) is 0 Å². The summed E-state index contributed by atoms with van der Waals surface area (Å²) in [5, 5.41) is 19.1. The third-order valence-corrected chi connectivity index (χ3v) is 3.42. The molecule has 0 saturated heterocycles. The normalized spacial score (nSPS) is 17.8. The second-order valence-corrected chi connectivity index (χ2v) is 6.63. The largest absolute Gasteiger partial charge is 0.348 e. The van der Waals surface area contributed by atoms with E-state index in [1.165, 1.54) is 18.2 Å². The van der Waals surface area contributed by atoms with Crippen molar-refractivity contribution in [2.45, 2.75) is 39.3 Å². The Bertz CT molecular complexity index is 734. The Morgan fingerprint density at radius 2 is 2.00 bits per heavy atom. The molecule has 0 bridgehead atoms. The maximum Gasteiger partial charge on any atom is 0.319 e. The zero-order chi connectivity index (χ0) is 18.1. The van der Waals surface area contributed by atoms with E-state index >= 15 is 0 Å². The van der Waals surface area contributed by atoms with Crippen molar-refractivity contribution in [3.8, 4) is 0 Å². The minimum atomic E-state index is -0.763. The first-order chi connectivity index (χ1) is 11.1. The number of benzene rings is 1. The highest BCUT2D eigenvalue weighted by Gasteiger charge is 2.33. The lowest BCUT2D eigenvalue weighted by Crippen LogP contribution is -2.49. The maximum atomic E-state index is 12.6. The summed E-state index contributed by atoms with van der Waals surface area (Å²) < 4.78 is 0. The van der Waals surface area contributed by atoms with Crippen LogP contribution in [0.4, 0.5) is 10.5 Å². The lowest BCUT2D eigenvalue weighted by molar-refractivity contribution is -0.384. The first-order valence-corrected chi connectivity index (χ1v) is 7.43. The average Bonchev–Trinajstić information content (AvgIpc) is 2.44. The summed E-state index contributed by atoms with van der Waals surface area (Å²) in [4.78, 5) is 34.9. The Morgan fingerprint density at radius 3 is 2.58 bits per heavy atom. The lowest BCUT2D eigenvalue weighted by Gasteiger charge is -2.30. The van der Waals surface area contributed by atoms with Gasteiger partial charge in [0.05, 0.1) is 16.5 Å². The van der Waals surface area contributed by atoms with Gasteiger partial charge in [0.15, 0.2) is 0 Å². The molecule has 1 aliphatic heterocycles. The molecule has 128 valence electrons. The highest BCUT2D eigenvalue weighted by molar-refractivity contribution is 5.98. The van der Waals surface area contributed by atoms with E-state index in [9.17, 15) is 19.7 Å². The van der Waals surface area contributed by atoms with Gasteiger partial charge in [0, 0.05) is 23.4 Å². The number of nitro groups is 1. The smallest absolute Gasteiger partial charge is 0.319 e. The molecule has 3 amide bonds. The van der Waals surface area contributed by atoms with Crippen molar-refractivity contribution in [1.29, 1.82) is 0 Å². The van der Waals surface area contributed by atoms with Gasteiger partial charge in [-0.15, -0.1) is 0 Å². The monoisotopic (exact) mass is 332 g/mol. The van der Waals surface area contributed by atoms with Gasteiger partial charge >= 0.3 is 6.03 Å². The molecule has 0 spiro atoms. The summed E-state index contributed by atoms with van der Waals surface area (Å²) in [6.45, 7) is 7.16. The van der Waals surface area contributed by atoms with Crippen molar-refractivity contribution in [1.82, 2.24) is 16.0 Å². The van der Waals surface area contributed by atoms with E-state index < -0.39 is 22.5 Å². The van der Waals surface area contributed by atoms with E-state index in [4.69, 9.17) is 0 Å². The summed E-state index contributed by atoms with van der Waals surface area (Å²) >= 11 is 0. The van der Waals surface area contributed by atoms with Crippen LogP contribution in [0.5, 0.6) is 0 Å². The third-order valence-electron chi connectivity index (χ3n) is 3.42. The molecule has 0 fully saturated rings. The summed E-state index contributed by atoms with van der Waals surface area (Å²) in [6, 6.07) is 4.65. The number of nitrogens with zero attached hydrogens (tertiary/aromatic N) is 1. The van der Waals surface area contributed by atoms with Crippen LogP contribution in [0.1, 0.15) is 39.3 Å². The molecule has 0 radical (unpaired) electrons. The maximum absolute atomic E-state index is 12.6. The molecule has 1 aromatic carbocycles. The number of carbonyl (C=O) groups is 2. The van der Waals surface area contributed by atoms with Crippen LogP contribution in [-0.4, -0.2) is 22.4 Å². The minimum Gasteiger partial charge on any atom is -0.348 e. The van der Waals surface area contributed by atoms with Crippen molar-refractivity contribution in [3.63, 3.8) is 0 Å². The number of rotatable bonds is 3. The molecule has 1 atom stereocenters. The van der Waals surface area contributed by atoms with E-state index in [2.05, 4.69) is 16.0 Å². The fourth-order valence-corrected chi connectivity index (χ4v) is 2.47. The molecule has 0 saturated carbocycles. The topological polar surface area (TPSA) is 113 Å². The number of amides is 3. The molecule has 0 unspecified atom stereocenters. The highest BCUT2D eigenvalue weighted by Crippen LogP contribution is 2.29. The number of nitrogens with one attached hydrogen (secondary N) is 3. The van der Waals surface area contributed by atoms with Crippen LogP contribution in [0.15, 0.2) is 35.5 Å². The first kappa shape index (κ1) is 17.5. The zero-order valence-electron chi connectivity index (χ0n) is 14.0. The molecule has 8 nitrogen and oxygen atoms in total. The minimum absolute atomic E-state index is 0.103. The molecule has 8 heteroatoms. The Balaban J connectivity index is 2.47.